The third-order valence-corrected chi connectivity index (χ3v) is 6.73. The molecule has 0 radical (unpaired) electrons. The number of benzene rings is 2. The molecule has 0 aromatic heterocycles. The van der Waals surface area contributed by atoms with Crippen molar-refractivity contribution in [2.75, 3.05) is 32.8 Å². The van der Waals surface area contributed by atoms with Crippen LogP contribution in [0.2, 0.25) is 5.02 Å². The number of hydrogen-bond donors (Lipinski definition) is 1. The van der Waals surface area contributed by atoms with Gasteiger partial charge in [-0.15, -0.1) is 0 Å². The van der Waals surface area contributed by atoms with Crippen LogP contribution in [-0.2, 0) is 14.8 Å². The Morgan fingerprint density at radius 3 is 2.59 bits per heavy atom. The Kier molecular flexibility index (Phi) is 6.86. The molecule has 0 amide bonds. The summed E-state index contributed by atoms with van der Waals surface area (Å²) in [5.41, 5.74) is 0.765. The third-order valence-electron chi connectivity index (χ3n) is 4.93. The average Bonchev–Trinajstić information content (AvgIpc) is 2.69. The highest BCUT2D eigenvalue weighted by atomic mass is 35.5. The minimum atomic E-state index is -3.94. The Morgan fingerprint density at radius 1 is 1.24 bits per heavy atom. The van der Waals surface area contributed by atoms with Crippen molar-refractivity contribution < 1.29 is 18.1 Å². The number of nitrogens with zero attached hydrogens (tertiary/aromatic N) is 2. The van der Waals surface area contributed by atoms with Crippen LogP contribution < -0.4 is 4.72 Å². The van der Waals surface area contributed by atoms with E-state index in [4.69, 9.17) is 16.3 Å². The van der Waals surface area contributed by atoms with E-state index in [2.05, 4.69) is 9.62 Å². The van der Waals surface area contributed by atoms with Crippen LogP contribution in [0, 0.1) is 17.0 Å². The molecule has 0 bridgehead atoms. The highest BCUT2D eigenvalue weighted by molar-refractivity contribution is 7.89. The number of halogens is 1. The minimum absolute atomic E-state index is 0.0986. The van der Waals surface area contributed by atoms with Crippen LogP contribution >= 0.6 is 11.6 Å². The Morgan fingerprint density at radius 2 is 1.93 bits per heavy atom. The van der Waals surface area contributed by atoms with Gasteiger partial charge in [-0.3, -0.25) is 15.0 Å². The van der Waals surface area contributed by atoms with E-state index in [9.17, 15) is 18.5 Å². The number of sulfonamides is 1. The smallest absolute Gasteiger partial charge is 0.273 e. The van der Waals surface area contributed by atoms with Gasteiger partial charge in [-0.2, -0.15) is 0 Å². The van der Waals surface area contributed by atoms with E-state index in [1.165, 1.54) is 25.1 Å². The van der Waals surface area contributed by atoms with E-state index in [0.717, 1.165) is 5.56 Å². The summed E-state index contributed by atoms with van der Waals surface area (Å²) < 4.78 is 33.8. The molecule has 1 saturated heterocycles. The van der Waals surface area contributed by atoms with E-state index in [1.54, 1.807) is 6.07 Å². The summed E-state index contributed by atoms with van der Waals surface area (Å²) in [5.74, 6) is 0. The van der Waals surface area contributed by atoms with Crippen LogP contribution in [0.5, 0.6) is 0 Å². The first-order valence-electron chi connectivity index (χ1n) is 9.10. The second-order valence-corrected chi connectivity index (χ2v) is 8.90. The molecule has 2 aromatic rings. The van der Waals surface area contributed by atoms with Crippen molar-refractivity contribution in [3.8, 4) is 0 Å². The Hall–Kier alpha value is -2.04. The van der Waals surface area contributed by atoms with E-state index in [-0.39, 0.29) is 28.7 Å². The van der Waals surface area contributed by atoms with E-state index in [1.807, 2.05) is 18.2 Å². The van der Waals surface area contributed by atoms with Crippen LogP contribution in [0.25, 0.3) is 0 Å². The van der Waals surface area contributed by atoms with Gasteiger partial charge >= 0.3 is 0 Å². The molecule has 1 aliphatic heterocycles. The zero-order valence-corrected chi connectivity index (χ0v) is 17.4. The van der Waals surface area contributed by atoms with Gasteiger partial charge in [-0.25, -0.2) is 13.1 Å². The number of nitro groups is 1. The van der Waals surface area contributed by atoms with Gasteiger partial charge in [0.2, 0.25) is 10.0 Å². The molecule has 3 rings (SSSR count). The predicted molar refractivity (Wildman–Crippen MR) is 110 cm³/mol. The third kappa shape index (κ3) is 5.12. The lowest BCUT2D eigenvalue weighted by atomic mass is 10.1. The van der Waals surface area contributed by atoms with Gasteiger partial charge in [-0.05, 0) is 30.7 Å². The van der Waals surface area contributed by atoms with Gasteiger partial charge in [-0.1, -0.05) is 29.8 Å². The fourth-order valence-electron chi connectivity index (χ4n) is 3.42. The summed E-state index contributed by atoms with van der Waals surface area (Å²) in [5, 5.41) is 11.7. The number of nitro benzene ring substituents is 1. The number of nitrogens with one attached hydrogen (secondary N) is 1. The molecule has 29 heavy (non-hydrogen) atoms. The molecule has 0 spiro atoms. The van der Waals surface area contributed by atoms with Crippen molar-refractivity contribution in [1.82, 2.24) is 9.62 Å². The van der Waals surface area contributed by atoms with Crippen LogP contribution in [0.4, 0.5) is 5.69 Å². The molecule has 1 atom stereocenters. The molecule has 8 nitrogen and oxygen atoms in total. The molecule has 156 valence electrons. The van der Waals surface area contributed by atoms with Gasteiger partial charge in [0.05, 0.1) is 23.0 Å². The summed E-state index contributed by atoms with van der Waals surface area (Å²) in [4.78, 5) is 12.6. The van der Waals surface area contributed by atoms with Gasteiger partial charge in [0, 0.05) is 42.3 Å². The second-order valence-electron chi connectivity index (χ2n) is 6.73. The van der Waals surface area contributed by atoms with Crippen molar-refractivity contribution >= 4 is 27.3 Å². The monoisotopic (exact) mass is 439 g/mol. The molecule has 0 aliphatic carbocycles. The van der Waals surface area contributed by atoms with E-state index < -0.39 is 14.9 Å². The van der Waals surface area contributed by atoms with Crippen molar-refractivity contribution in [2.45, 2.75) is 17.9 Å². The molecule has 0 saturated carbocycles. The largest absolute Gasteiger partial charge is 0.379 e. The molecule has 2 aromatic carbocycles. The zero-order valence-electron chi connectivity index (χ0n) is 15.9. The normalized spacial score (nSPS) is 16.5. The second kappa shape index (κ2) is 9.19. The van der Waals surface area contributed by atoms with Gasteiger partial charge < -0.3 is 4.74 Å². The maximum atomic E-state index is 12.9. The summed E-state index contributed by atoms with van der Waals surface area (Å²) in [6.45, 7) is 3.99. The van der Waals surface area contributed by atoms with Crippen molar-refractivity contribution in [2.24, 2.45) is 0 Å². The van der Waals surface area contributed by atoms with Crippen molar-refractivity contribution in [3.05, 3.63) is 68.7 Å². The summed E-state index contributed by atoms with van der Waals surface area (Å²) >= 11 is 6.14. The topological polar surface area (TPSA) is 102 Å². The standard InChI is InChI=1S/C19H22ClN3O5S/c1-14-17(23(24)25)6-3-7-19(14)29(26,27)21-13-18(22-8-10-28-11-9-22)15-4-2-5-16(20)12-15/h2-7,12,18,21H,8-11,13H2,1H3. The first-order chi connectivity index (χ1) is 13.8. The fraction of sp³-hybridized carbons (Fsp3) is 0.368. The number of rotatable bonds is 7. The number of hydrogen-bond acceptors (Lipinski definition) is 6. The van der Waals surface area contributed by atoms with Crippen molar-refractivity contribution in [3.63, 3.8) is 0 Å². The average molecular weight is 440 g/mol. The lowest BCUT2D eigenvalue weighted by Gasteiger charge is -2.35. The molecule has 1 heterocycles. The highest BCUT2D eigenvalue weighted by Gasteiger charge is 2.27. The highest BCUT2D eigenvalue weighted by Crippen LogP contribution is 2.27. The first-order valence-corrected chi connectivity index (χ1v) is 11.0. The summed E-state index contributed by atoms with van der Waals surface area (Å²) in [7, 11) is -3.94. The van der Waals surface area contributed by atoms with Crippen LogP contribution in [0.3, 0.4) is 0 Å². The fourth-order valence-corrected chi connectivity index (χ4v) is 4.92. The molecule has 10 heteroatoms. The van der Waals surface area contributed by atoms with E-state index >= 15 is 0 Å². The lowest BCUT2D eigenvalue weighted by molar-refractivity contribution is -0.385. The van der Waals surface area contributed by atoms with Crippen molar-refractivity contribution in [1.29, 1.82) is 0 Å². The molecule has 1 aliphatic rings. The molecular weight excluding hydrogens is 418 g/mol. The Bertz CT molecular complexity index is 993. The van der Waals surface area contributed by atoms with Gasteiger partial charge in [0.15, 0.2) is 0 Å². The first kappa shape index (κ1) is 21.7. The maximum absolute atomic E-state index is 12.9. The number of ether oxygens (including phenoxy) is 1. The zero-order chi connectivity index (χ0) is 21.0. The summed E-state index contributed by atoms with van der Waals surface area (Å²) in [6, 6.07) is 11.1. The molecule has 1 unspecified atom stereocenters. The number of morpholine rings is 1. The van der Waals surface area contributed by atoms with Crippen LogP contribution in [0.1, 0.15) is 17.2 Å². The molecule has 1 fully saturated rings. The van der Waals surface area contributed by atoms with Crippen LogP contribution in [-0.4, -0.2) is 51.1 Å². The quantitative estimate of drug-likeness (QED) is 0.525. The molecular formula is C19H22ClN3O5S. The maximum Gasteiger partial charge on any atom is 0.273 e. The van der Waals surface area contributed by atoms with Gasteiger partial charge in [0.25, 0.3) is 5.69 Å². The lowest BCUT2D eigenvalue weighted by Crippen LogP contribution is -2.43. The predicted octanol–water partition coefficient (Wildman–Crippen LogP) is 2.91. The van der Waals surface area contributed by atoms with Crippen LogP contribution in [0.15, 0.2) is 47.4 Å². The Labute approximate surface area is 174 Å². The Balaban J connectivity index is 1.87. The summed E-state index contributed by atoms with van der Waals surface area (Å²) in [6.07, 6.45) is 0. The molecule has 1 N–H and O–H groups in total. The van der Waals surface area contributed by atoms with Gasteiger partial charge in [0.1, 0.15) is 0 Å². The van der Waals surface area contributed by atoms with E-state index in [0.29, 0.717) is 31.3 Å². The minimum Gasteiger partial charge on any atom is -0.379 e. The SMILES string of the molecule is Cc1c([N+](=O)[O-])cccc1S(=O)(=O)NCC(c1cccc(Cl)c1)N1CCOCC1.